The van der Waals surface area contributed by atoms with Crippen LogP contribution in [0.15, 0.2) is 23.6 Å². The van der Waals surface area contributed by atoms with Gasteiger partial charge in [0.05, 0.1) is 16.7 Å². The van der Waals surface area contributed by atoms with Gasteiger partial charge in [0.1, 0.15) is 0 Å². The third kappa shape index (κ3) is 4.17. The molecule has 21 heavy (non-hydrogen) atoms. The Kier molecular flexibility index (Phi) is 5.22. The Balaban J connectivity index is 2.08. The van der Waals surface area contributed by atoms with E-state index in [1.54, 1.807) is 0 Å². The summed E-state index contributed by atoms with van der Waals surface area (Å²) in [5.74, 6) is -0.522. The molecule has 2 atom stereocenters. The summed E-state index contributed by atoms with van der Waals surface area (Å²) in [4.78, 5) is 16.4. The summed E-state index contributed by atoms with van der Waals surface area (Å²) >= 11 is 13.2. The van der Waals surface area contributed by atoms with Crippen LogP contribution in [0.4, 0.5) is 0 Å². The highest BCUT2D eigenvalue weighted by atomic mass is 35.5. The van der Waals surface area contributed by atoms with Crippen molar-refractivity contribution in [3.63, 3.8) is 0 Å². The van der Waals surface area contributed by atoms with Crippen LogP contribution in [0.3, 0.4) is 0 Å². The van der Waals surface area contributed by atoms with Crippen LogP contribution in [0.1, 0.15) is 35.3 Å². The standard InChI is InChI=1S/C14H14Cl2N2O2S/c1-7(12-6-21-8(2)18-12)17-14(20)13(19)9-3-10(15)5-11(16)4-9/h3-7,13,19H,1-2H3,(H,17,20)/t7-,13+/m0/s1. The molecule has 0 radical (unpaired) electrons. The zero-order chi connectivity index (χ0) is 15.6. The minimum atomic E-state index is -1.33. The van der Waals surface area contributed by atoms with Crippen LogP contribution in [0, 0.1) is 6.92 Å². The fourth-order valence-electron chi connectivity index (χ4n) is 1.83. The molecule has 0 bridgehead atoms. The molecule has 2 rings (SSSR count). The molecule has 1 heterocycles. The zero-order valence-corrected chi connectivity index (χ0v) is 13.8. The average molecular weight is 345 g/mol. The van der Waals surface area contributed by atoms with Crippen LogP contribution in [-0.4, -0.2) is 16.0 Å². The van der Waals surface area contributed by atoms with Crippen molar-refractivity contribution in [2.24, 2.45) is 0 Å². The smallest absolute Gasteiger partial charge is 0.254 e. The maximum absolute atomic E-state index is 12.1. The molecular formula is C14H14Cl2N2O2S. The highest BCUT2D eigenvalue weighted by Gasteiger charge is 2.21. The quantitative estimate of drug-likeness (QED) is 0.889. The number of carbonyl (C=O) groups excluding carboxylic acids is 1. The molecule has 4 nitrogen and oxygen atoms in total. The summed E-state index contributed by atoms with van der Waals surface area (Å²) in [7, 11) is 0. The van der Waals surface area contributed by atoms with E-state index < -0.39 is 12.0 Å². The first-order valence-corrected chi connectivity index (χ1v) is 7.87. The Labute approximate surface area is 136 Å². The van der Waals surface area contributed by atoms with Crippen LogP contribution in [-0.2, 0) is 4.79 Å². The fraction of sp³-hybridized carbons (Fsp3) is 0.286. The van der Waals surface area contributed by atoms with Crippen molar-refractivity contribution in [2.75, 3.05) is 0 Å². The molecule has 1 aromatic carbocycles. The Morgan fingerprint density at radius 3 is 2.48 bits per heavy atom. The number of aromatic nitrogens is 1. The van der Waals surface area contributed by atoms with E-state index in [1.165, 1.54) is 29.5 Å². The highest BCUT2D eigenvalue weighted by molar-refractivity contribution is 7.09. The number of rotatable bonds is 4. The third-order valence-corrected chi connectivity index (χ3v) is 4.12. The van der Waals surface area contributed by atoms with Crippen molar-refractivity contribution < 1.29 is 9.90 Å². The van der Waals surface area contributed by atoms with Gasteiger partial charge in [-0.3, -0.25) is 4.79 Å². The lowest BCUT2D eigenvalue weighted by atomic mass is 10.1. The van der Waals surface area contributed by atoms with Crippen LogP contribution in [0.5, 0.6) is 0 Å². The van der Waals surface area contributed by atoms with Crippen LogP contribution < -0.4 is 5.32 Å². The number of carbonyl (C=O) groups is 1. The molecule has 0 spiro atoms. The van der Waals surface area contributed by atoms with E-state index >= 15 is 0 Å². The van der Waals surface area contributed by atoms with E-state index in [0.29, 0.717) is 15.6 Å². The number of thiazole rings is 1. The predicted molar refractivity (Wildman–Crippen MR) is 84.8 cm³/mol. The number of hydrogen-bond donors (Lipinski definition) is 2. The van der Waals surface area contributed by atoms with E-state index in [4.69, 9.17) is 23.2 Å². The Morgan fingerprint density at radius 1 is 1.33 bits per heavy atom. The molecule has 2 aromatic rings. The minimum absolute atomic E-state index is 0.285. The first-order valence-electron chi connectivity index (χ1n) is 6.23. The lowest BCUT2D eigenvalue weighted by Gasteiger charge is -2.16. The topological polar surface area (TPSA) is 62.2 Å². The number of nitrogens with zero attached hydrogens (tertiary/aromatic N) is 1. The van der Waals surface area contributed by atoms with Gasteiger partial charge in [-0.05, 0) is 37.6 Å². The molecule has 0 aliphatic carbocycles. The maximum atomic E-state index is 12.1. The van der Waals surface area contributed by atoms with E-state index in [9.17, 15) is 9.90 Å². The molecular weight excluding hydrogens is 331 g/mol. The van der Waals surface area contributed by atoms with E-state index in [1.807, 2.05) is 19.2 Å². The first kappa shape index (κ1) is 16.2. The summed E-state index contributed by atoms with van der Waals surface area (Å²) < 4.78 is 0. The normalized spacial score (nSPS) is 13.8. The van der Waals surface area contributed by atoms with Gasteiger partial charge in [-0.25, -0.2) is 4.98 Å². The number of aryl methyl sites for hydroxylation is 1. The van der Waals surface area contributed by atoms with Gasteiger partial charge in [-0.15, -0.1) is 11.3 Å². The molecule has 112 valence electrons. The zero-order valence-electron chi connectivity index (χ0n) is 11.4. The lowest BCUT2D eigenvalue weighted by molar-refractivity contribution is -0.130. The summed E-state index contributed by atoms with van der Waals surface area (Å²) in [6, 6.07) is 4.27. The summed E-state index contributed by atoms with van der Waals surface area (Å²) in [6.07, 6.45) is -1.33. The largest absolute Gasteiger partial charge is 0.378 e. The summed E-state index contributed by atoms with van der Waals surface area (Å²) in [5.41, 5.74) is 1.12. The average Bonchev–Trinajstić information content (AvgIpc) is 2.83. The van der Waals surface area contributed by atoms with Gasteiger partial charge in [0.15, 0.2) is 6.10 Å². The fourth-order valence-corrected chi connectivity index (χ4v) is 3.08. The van der Waals surface area contributed by atoms with Gasteiger partial charge >= 0.3 is 0 Å². The number of halogens is 2. The summed E-state index contributed by atoms with van der Waals surface area (Å²) in [6.45, 7) is 3.70. The van der Waals surface area contributed by atoms with Crippen LogP contribution >= 0.6 is 34.5 Å². The molecule has 1 aromatic heterocycles. The van der Waals surface area contributed by atoms with Gasteiger partial charge in [-0.1, -0.05) is 23.2 Å². The van der Waals surface area contributed by atoms with Gasteiger partial charge in [-0.2, -0.15) is 0 Å². The number of benzene rings is 1. The maximum Gasteiger partial charge on any atom is 0.254 e. The molecule has 1 amide bonds. The van der Waals surface area contributed by atoms with Crippen molar-refractivity contribution >= 4 is 40.4 Å². The molecule has 0 unspecified atom stereocenters. The van der Waals surface area contributed by atoms with E-state index in [-0.39, 0.29) is 6.04 Å². The van der Waals surface area contributed by atoms with Crippen molar-refractivity contribution in [3.05, 3.63) is 49.9 Å². The summed E-state index contributed by atoms with van der Waals surface area (Å²) in [5, 5.41) is 16.3. The van der Waals surface area contributed by atoms with Gasteiger partial charge < -0.3 is 10.4 Å². The van der Waals surface area contributed by atoms with Crippen molar-refractivity contribution in [3.8, 4) is 0 Å². The molecule has 0 fully saturated rings. The Hall–Kier alpha value is -1.14. The van der Waals surface area contributed by atoms with Gasteiger partial charge in [0.25, 0.3) is 5.91 Å². The number of hydrogen-bond acceptors (Lipinski definition) is 4. The number of aliphatic hydroxyl groups is 1. The highest BCUT2D eigenvalue weighted by Crippen LogP contribution is 2.24. The second-order valence-electron chi connectivity index (χ2n) is 4.63. The first-order chi connectivity index (χ1) is 9.86. The molecule has 0 aliphatic heterocycles. The third-order valence-electron chi connectivity index (χ3n) is 2.89. The Morgan fingerprint density at radius 2 is 1.95 bits per heavy atom. The minimum Gasteiger partial charge on any atom is -0.378 e. The number of amides is 1. The van der Waals surface area contributed by atoms with Gasteiger partial charge in [0.2, 0.25) is 0 Å². The Bertz CT molecular complexity index is 640. The lowest BCUT2D eigenvalue weighted by Crippen LogP contribution is -2.31. The number of aliphatic hydroxyl groups excluding tert-OH is 1. The molecule has 7 heteroatoms. The molecule has 2 N–H and O–H groups in total. The monoisotopic (exact) mass is 344 g/mol. The molecule has 0 saturated heterocycles. The SMILES string of the molecule is Cc1nc([C@H](C)NC(=O)[C@H](O)c2cc(Cl)cc(Cl)c2)cs1. The van der Waals surface area contributed by atoms with E-state index in [0.717, 1.165) is 10.7 Å². The van der Waals surface area contributed by atoms with Gasteiger partial charge in [0, 0.05) is 15.4 Å². The van der Waals surface area contributed by atoms with Crippen molar-refractivity contribution in [1.82, 2.24) is 10.3 Å². The predicted octanol–water partition coefficient (Wildman–Crippen LogP) is 3.67. The second kappa shape index (κ2) is 6.75. The van der Waals surface area contributed by atoms with Crippen molar-refractivity contribution in [2.45, 2.75) is 26.0 Å². The molecule has 0 saturated carbocycles. The number of nitrogens with one attached hydrogen (secondary N) is 1. The van der Waals surface area contributed by atoms with E-state index in [2.05, 4.69) is 10.3 Å². The molecule has 0 aliphatic rings. The van der Waals surface area contributed by atoms with Crippen LogP contribution in [0.2, 0.25) is 10.0 Å². The van der Waals surface area contributed by atoms with Crippen LogP contribution in [0.25, 0.3) is 0 Å². The van der Waals surface area contributed by atoms with Crippen molar-refractivity contribution in [1.29, 1.82) is 0 Å². The second-order valence-corrected chi connectivity index (χ2v) is 6.56.